The Hall–Kier alpha value is -2.38. The van der Waals surface area contributed by atoms with Gasteiger partial charge in [-0.1, -0.05) is 53.7 Å². The van der Waals surface area contributed by atoms with Crippen LogP contribution in [0, 0.1) is 0 Å². The minimum atomic E-state index is -4.55. The highest BCUT2D eigenvalue weighted by Gasteiger charge is 2.27. The summed E-state index contributed by atoms with van der Waals surface area (Å²) in [6, 6.07) is 7.50. The molecule has 0 heterocycles. The number of Topliss-reactive ketones (excluding diaryl/α,β-unsaturated/α-hetero) is 1. The Balaban J connectivity index is 2.44. The van der Waals surface area contributed by atoms with Crippen LogP contribution in [0.1, 0.15) is 75.0 Å². The average Bonchev–Trinajstić information content (AvgIpc) is 2.57. The van der Waals surface area contributed by atoms with E-state index in [2.05, 4.69) is 0 Å². The fourth-order valence-corrected chi connectivity index (χ4v) is 4.06. The van der Waals surface area contributed by atoms with Crippen LogP contribution in [0.4, 0.5) is 5.69 Å². The van der Waals surface area contributed by atoms with Gasteiger partial charge in [-0.25, -0.2) is 0 Å². The van der Waals surface area contributed by atoms with Gasteiger partial charge >= 0.3 is 0 Å². The molecule has 2 aromatic rings. The summed E-state index contributed by atoms with van der Waals surface area (Å²) < 4.78 is 32.7. The van der Waals surface area contributed by atoms with Gasteiger partial charge in [0, 0.05) is 17.7 Å². The number of hydrogen-bond donors (Lipinski definition) is 3. The first-order valence-electron chi connectivity index (χ1n) is 9.79. The van der Waals surface area contributed by atoms with E-state index in [9.17, 15) is 22.9 Å². The van der Waals surface area contributed by atoms with Gasteiger partial charge in [0.15, 0.2) is 5.78 Å². The Bertz CT molecular complexity index is 1040. The van der Waals surface area contributed by atoms with E-state index in [-0.39, 0.29) is 34.3 Å². The first-order valence-corrected chi connectivity index (χ1v) is 11.2. The number of nitrogen functional groups attached to an aromatic ring is 1. The van der Waals surface area contributed by atoms with E-state index in [0.29, 0.717) is 6.42 Å². The number of anilines is 1. The van der Waals surface area contributed by atoms with E-state index in [1.165, 1.54) is 12.1 Å². The molecule has 2 rings (SSSR count). The monoisotopic (exact) mass is 433 g/mol. The smallest absolute Gasteiger partial charge is 0.295 e. The number of aryl methyl sites for hydroxylation is 1. The summed E-state index contributed by atoms with van der Waals surface area (Å²) in [5, 5.41) is 10.8. The number of phenolic OH excluding ortho intramolecular Hbond substituents is 1. The zero-order valence-electron chi connectivity index (χ0n) is 18.4. The molecule has 0 radical (unpaired) electrons. The number of hydrogen-bond acceptors (Lipinski definition) is 5. The zero-order valence-corrected chi connectivity index (χ0v) is 19.2. The molecule has 30 heavy (non-hydrogen) atoms. The normalized spacial score (nSPS) is 12.8. The first kappa shape index (κ1) is 23.9. The average molecular weight is 434 g/mol. The molecule has 0 aliphatic heterocycles. The second-order valence-electron chi connectivity index (χ2n) is 9.69. The first-order chi connectivity index (χ1) is 13.5. The lowest BCUT2D eigenvalue weighted by molar-refractivity contribution is 0.0979. The van der Waals surface area contributed by atoms with Gasteiger partial charge < -0.3 is 10.8 Å². The maximum absolute atomic E-state index is 12.8. The highest BCUT2D eigenvalue weighted by Crippen LogP contribution is 2.40. The molecular formula is C23H31NO5S. The molecule has 0 aliphatic rings. The van der Waals surface area contributed by atoms with E-state index < -0.39 is 20.8 Å². The summed E-state index contributed by atoms with van der Waals surface area (Å²) in [7, 11) is -4.55. The van der Waals surface area contributed by atoms with E-state index in [0.717, 1.165) is 22.8 Å². The lowest BCUT2D eigenvalue weighted by Crippen LogP contribution is -2.18. The number of nitrogens with two attached hydrogens (primary N) is 1. The quantitative estimate of drug-likeness (QED) is 0.359. The van der Waals surface area contributed by atoms with E-state index in [4.69, 9.17) is 5.73 Å². The second kappa shape index (κ2) is 8.04. The number of aromatic hydroxyl groups is 1. The number of ketones is 1. The topological polar surface area (TPSA) is 118 Å². The van der Waals surface area contributed by atoms with Crippen molar-refractivity contribution < 1.29 is 22.9 Å². The van der Waals surface area contributed by atoms with Crippen LogP contribution in [0.15, 0.2) is 35.2 Å². The molecule has 0 amide bonds. The Morgan fingerprint density at radius 1 is 0.967 bits per heavy atom. The molecule has 6 nitrogen and oxygen atoms in total. The lowest BCUT2D eigenvalue weighted by Gasteiger charge is -2.28. The number of benzene rings is 2. The molecule has 0 atom stereocenters. The van der Waals surface area contributed by atoms with Crippen molar-refractivity contribution in [2.45, 2.75) is 70.1 Å². The molecule has 0 aromatic heterocycles. The molecule has 0 aliphatic carbocycles. The predicted molar refractivity (Wildman–Crippen MR) is 119 cm³/mol. The Labute approximate surface area is 178 Å². The largest absolute Gasteiger partial charge is 0.507 e. The van der Waals surface area contributed by atoms with Crippen molar-refractivity contribution in [3.05, 3.63) is 52.6 Å². The van der Waals surface area contributed by atoms with Crippen molar-refractivity contribution in [3.63, 3.8) is 0 Å². The van der Waals surface area contributed by atoms with Gasteiger partial charge in [-0.3, -0.25) is 9.35 Å². The molecule has 7 heteroatoms. The third-order valence-corrected chi connectivity index (χ3v) is 5.92. The van der Waals surface area contributed by atoms with Crippen molar-refractivity contribution in [1.82, 2.24) is 0 Å². The van der Waals surface area contributed by atoms with Crippen LogP contribution in [-0.2, 0) is 27.4 Å². The molecule has 0 fully saturated rings. The number of carbonyl (C=O) groups is 1. The molecule has 0 saturated carbocycles. The van der Waals surface area contributed by atoms with Crippen LogP contribution in [0.2, 0.25) is 0 Å². The second-order valence-corrected chi connectivity index (χ2v) is 11.1. The third-order valence-electron chi connectivity index (χ3n) is 5.01. The minimum Gasteiger partial charge on any atom is -0.507 e. The molecule has 0 saturated heterocycles. The standard InChI is InChI=1S/C23H31NO5S/c1-22(2,3)17-11-14(12-18(21(17)26)23(4,5)6)7-9-19(25)16-13-15(24)8-10-20(16)30(27,28)29/h8,10-13,26H,7,9,24H2,1-6H3,(H,27,28,29). The molecule has 2 aromatic carbocycles. The Morgan fingerprint density at radius 3 is 1.90 bits per heavy atom. The summed E-state index contributed by atoms with van der Waals surface area (Å²) >= 11 is 0. The summed E-state index contributed by atoms with van der Waals surface area (Å²) in [5.74, 6) is -0.174. The van der Waals surface area contributed by atoms with Gasteiger partial charge in [0.1, 0.15) is 10.6 Å². The molecule has 0 bridgehead atoms. The highest BCUT2D eigenvalue weighted by atomic mass is 32.2. The molecular weight excluding hydrogens is 402 g/mol. The van der Waals surface area contributed by atoms with Crippen molar-refractivity contribution in [2.75, 3.05) is 5.73 Å². The van der Waals surface area contributed by atoms with Crippen LogP contribution in [0.25, 0.3) is 0 Å². The number of carbonyl (C=O) groups excluding carboxylic acids is 1. The maximum atomic E-state index is 12.8. The van der Waals surface area contributed by atoms with E-state index in [1.54, 1.807) is 0 Å². The van der Waals surface area contributed by atoms with Crippen LogP contribution in [0.5, 0.6) is 5.75 Å². The molecule has 0 unspecified atom stereocenters. The number of rotatable bonds is 5. The third kappa shape index (κ3) is 5.40. The lowest BCUT2D eigenvalue weighted by atomic mass is 9.78. The van der Waals surface area contributed by atoms with Crippen molar-refractivity contribution in [3.8, 4) is 5.75 Å². The van der Waals surface area contributed by atoms with Gasteiger partial charge in [-0.15, -0.1) is 0 Å². The van der Waals surface area contributed by atoms with Gasteiger partial charge in [0.2, 0.25) is 0 Å². The zero-order chi connectivity index (χ0) is 23.1. The fraction of sp³-hybridized carbons (Fsp3) is 0.435. The summed E-state index contributed by atoms with van der Waals surface area (Å²) in [6.07, 6.45) is 0.384. The van der Waals surface area contributed by atoms with Crippen LogP contribution < -0.4 is 5.73 Å². The fourth-order valence-electron chi connectivity index (χ4n) is 3.37. The van der Waals surface area contributed by atoms with Gasteiger partial charge in [-0.05, 0) is 52.1 Å². The van der Waals surface area contributed by atoms with Gasteiger partial charge in [0.25, 0.3) is 10.1 Å². The molecule has 4 N–H and O–H groups in total. The molecule has 0 spiro atoms. The minimum absolute atomic E-state index is 0.0317. The van der Waals surface area contributed by atoms with E-state index >= 15 is 0 Å². The van der Waals surface area contributed by atoms with Gasteiger partial charge in [-0.2, -0.15) is 8.42 Å². The summed E-state index contributed by atoms with van der Waals surface area (Å²) in [5.41, 5.74) is 7.69. The van der Waals surface area contributed by atoms with Gasteiger partial charge in [0.05, 0.1) is 0 Å². The maximum Gasteiger partial charge on any atom is 0.295 e. The summed E-state index contributed by atoms with van der Waals surface area (Å²) in [4.78, 5) is 12.3. The SMILES string of the molecule is CC(C)(C)c1cc(CCC(=O)c2cc(N)ccc2S(=O)(=O)O)cc(C(C)(C)C)c1O. The van der Waals surface area contributed by atoms with E-state index in [1.807, 2.05) is 53.7 Å². The summed E-state index contributed by atoms with van der Waals surface area (Å²) in [6.45, 7) is 12.1. The van der Waals surface area contributed by atoms with Crippen LogP contribution in [-0.4, -0.2) is 23.9 Å². The number of phenols is 1. The van der Waals surface area contributed by atoms with Crippen molar-refractivity contribution >= 4 is 21.6 Å². The van der Waals surface area contributed by atoms with Crippen molar-refractivity contribution in [1.29, 1.82) is 0 Å². The molecule has 164 valence electrons. The Morgan fingerprint density at radius 2 is 1.47 bits per heavy atom. The Kier molecular flexibility index (Phi) is 6.40. The predicted octanol–water partition coefficient (Wildman–Crippen LogP) is 4.63. The van der Waals surface area contributed by atoms with Crippen LogP contribution >= 0.6 is 0 Å². The van der Waals surface area contributed by atoms with Crippen LogP contribution in [0.3, 0.4) is 0 Å². The van der Waals surface area contributed by atoms with Crippen molar-refractivity contribution in [2.24, 2.45) is 0 Å². The highest BCUT2D eigenvalue weighted by molar-refractivity contribution is 7.86.